The van der Waals surface area contributed by atoms with Gasteiger partial charge in [-0.2, -0.15) is 18.2 Å². The van der Waals surface area contributed by atoms with Crippen molar-refractivity contribution in [2.75, 3.05) is 18.5 Å². The lowest BCUT2D eigenvalue weighted by atomic mass is 10.0. The molecule has 29 heavy (non-hydrogen) atoms. The molecule has 1 aromatic heterocycles. The maximum Gasteiger partial charge on any atom is 0.416 e. The van der Waals surface area contributed by atoms with Crippen molar-refractivity contribution in [1.29, 1.82) is 0 Å². The van der Waals surface area contributed by atoms with E-state index in [1.807, 2.05) is 0 Å². The van der Waals surface area contributed by atoms with Crippen LogP contribution in [0.4, 0.5) is 23.5 Å². The predicted molar refractivity (Wildman–Crippen MR) is 98.0 cm³/mol. The number of hydrogen-bond donors (Lipinski definition) is 2. The van der Waals surface area contributed by atoms with Crippen LogP contribution in [0.1, 0.15) is 12.0 Å². The number of anilines is 1. The summed E-state index contributed by atoms with van der Waals surface area (Å²) in [6.07, 6.45) is -2.54. The highest BCUT2D eigenvalue weighted by Gasteiger charge is 2.31. The van der Waals surface area contributed by atoms with Crippen molar-refractivity contribution in [2.24, 2.45) is 0 Å². The van der Waals surface area contributed by atoms with E-state index in [0.717, 1.165) is 12.1 Å². The largest absolute Gasteiger partial charge is 0.438 e. The molecule has 0 fully saturated rings. The Hall–Kier alpha value is -3.20. The number of halogens is 4. The van der Waals surface area contributed by atoms with Crippen LogP contribution in [0.3, 0.4) is 0 Å². The summed E-state index contributed by atoms with van der Waals surface area (Å²) in [5.74, 6) is 0.0231. The van der Waals surface area contributed by atoms with Crippen molar-refractivity contribution >= 4 is 5.95 Å². The van der Waals surface area contributed by atoms with Gasteiger partial charge in [0.25, 0.3) is 0 Å². The van der Waals surface area contributed by atoms with Crippen LogP contribution in [0, 0.1) is 11.9 Å². The second kappa shape index (κ2) is 8.87. The lowest BCUT2D eigenvalue weighted by Crippen LogP contribution is -2.06. The molecule has 3 rings (SSSR count). The van der Waals surface area contributed by atoms with Crippen LogP contribution in [0.15, 0.2) is 48.7 Å². The van der Waals surface area contributed by atoms with Gasteiger partial charge in [-0.1, -0.05) is 6.07 Å². The van der Waals surface area contributed by atoms with Gasteiger partial charge in [0.15, 0.2) is 0 Å². The summed E-state index contributed by atoms with van der Waals surface area (Å²) >= 11 is 0. The molecule has 0 bridgehead atoms. The van der Waals surface area contributed by atoms with E-state index in [1.54, 1.807) is 0 Å². The third-order valence-electron chi connectivity index (χ3n) is 3.85. The van der Waals surface area contributed by atoms with E-state index in [0.29, 0.717) is 25.0 Å². The Kier molecular flexibility index (Phi) is 6.28. The fourth-order valence-corrected chi connectivity index (χ4v) is 2.44. The van der Waals surface area contributed by atoms with Gasteiger partial charge < -0.3 is 15.2 Å². The second-order valence-electron chi connectivity index (χ2n) is 5.96. The molecular formula is C20H16F4N3O2. The highest BCUT2D eigenvalue weighted by Crippen LogP contribution is 2.34. The van der Waals surface area contributed by atoms with Crippen LogP contribution in [0.25, 0.3) is 11.1 Å². The molecule has 0 aliphatic rings. The zero-order chi connectivity index (χ0) is 20.9. The third-order valence-corrected chi connectivity index (χ3v) is 3.85. The van der Waals surface area contributed by atoms with Crippen LogP contribution in [-0.4, -0.2) is 28.2 Å². The summed E-state index contributed by atoms with van der Waals surface area (Å²) in [4.78, 5) is 8.16. The van der Waals surface area contributed by atoms with Crippen LogP contribution in [-0.2, 0) is 6.18 Å². The van der Waals surface area contributed by atoms with Gasteiger partial charge in [0.2, 0.25) is 11.8 Å². The predicted octanol–water partition coefficient (Wildman–Crippen LogP) is 4.69. The molecule has 0 unspecified atom stereocenters. The molecule has 0 amide bonds. The first-order valence-corrected chi connectivity index (χ1v) is 8.61. The number of ether oxygens (including phenoxy) is 1. The second-order valence-corrected chi connectivity index (χ2v) is 5.96. The van der Waals surface area contributed by atoms with Crippen LogP contribution in [0.5, 0.6) is 11.6 Å². The summed E-state index contributed by atoms with van der Waals surface area (Å²) in [5.41, 5.74) is -0.883. The molecule has 3 aromatic rings. The number of aromatic nitrogens is 2. The number of nitrogens with one attached hydrogen (secondary N) is 1. The van der Waals surface area contributed by atoms with Crippen molar-refractivity contribution in [2.45, 2.75) is 12.6 Å². The lowest BCUT2D eigenvalue weighted by molar-refractivity contribution is -0.137. The van der Waals surface area contributed by atoms with Gasteiger partial charge in [-0.3, -0.25) is 0 Å². The van der Waals surface area contributed by atoms with E-state index in [-0.39, 0.29) is 29.4 Å². The van der Waals surface area contributed by atoms with Crippen LogP contribution in [0.2, 0.25) is 0 Å². The standard InChI is InChI=1S/C20H16F4N3O2/c21-17-7-4-14(20(22,23)24)12-16(17)13-2-5-15(6-3-13)29-18-8-10-26-19(27-18)25-9-1-11-28/h2-5,7-8,10,12,28H,1,9,11H2,(H,25,26,27). The molecule has 0 aliphatic heterocycles. The Morgan fingerprint density at radius 3 is 2.66 bits per heavy atom. The molecule has 0 atom stereocenters. The smallest absolute Gasteiger partial charge is 0.416 e. The average molecular weight is 406 g/mol. The molecule has 0 saturated heterocycles. The van der Waals surface area contributed by atoms with Crippen LogP contribution < -0.4 is 10.1 Å². The first-order chi connectivity index (χ1) is 13.9. The van der Waals surface area contributed by atoms with E-state index in [2.05, 4.69) is 21.4 Å². The zero-order valence-corrected chi connectivity index (χ0v) is 15.0. The summed E-state index contributed by atoms with van der Waals surface area (Å²) < 4.78 is 58.2. The van der Waals surface area contributed by atoms with Crippen molar-refractivity contribution < 1.29 is 27.4 Å². The Bertz CT molecular complexity index is 963. The monoisotopic (exact) mass is 406 g/mol. The Morgan fingerprint density at radius 1 is 1.14 bits per heavy atom. The first-order valence-electron chi connectivity index (χ1n) is 8.61. The summed E-state index contributed by atoms with van der Waals surface area (Å²) in [6.45, 7) is 0.528. The van der Waals surface area contributed by atoms with E-state index in [9.17, 15) is 17.6 Å². The molecule has 2 aromatic carbocycles. The van der Waals surface area contributed by atoms with Gasteiger partial charge in [0.1, 0.15) is 11.6 Å². The highest BCUT2D eigenvalue weighted by molar-refractivity contribution is 5.65. The van der Waals surface area contributed by atoms with E-state index >= 15 is 0 Å². The van der Waals surface area contributed by atoms with Gasteiger partial charge in [-0.05, 0) is 42.3 Å². The van der Waals surface area contributed by atoms with Crippen LogP contribution >= 0.6 is 0 Å². The van der Waals surface area contributed by atoms with Gasteiger partial charge in [-0.25, -0.2) is 9.37 Å². The van der Waals surface area contributed by atoms with Crippen molar-refractivity contribution in [1.82, 2.24) is 9.97 Å². The van der Waals surface area contributed by atoms with Gasteiger partial charge in [0, 0.05) is 37.0 Å². The molecule has 1 heterocycles. The maximum atomic E-state index is 14.0. The van der Waals surface area contributed by atoms with Crippen molar-refractivity contribution in [3.8, 4) is 22.8 Å². The van der Waals surface area contributed by atoms with E-state index in [1.165, 1.54) is 30.5 Å². The number of hydrogen-bond acceptors (Lipinski definition) is 5. The summed E-state index contributed by atoms with van der Waals surface area (Å²) in [5, 5.41) is 11.7. The van der Waals surface area contributed by atoms with Gasteiger partial charge in [-0.15, -0.1) is 0 Å². The normalized spacial score (nSPS) is 11.3. The van der Waals surface area contributed by atoms with E-state index < -0.39 is 17.6 Å². The number of nitrogens with zero attached hydrogens (tertiary/aromatic N) is 2. The number of aliphatic hydroxyl groups is 1. The number of rotatable bonds is 7. The molecule has 0 aliphatic carbocycles. The molecule has 5 nitrogen and oxygen atoms in total. The molecular weight excluding hydrogens is 390 g/mol. The quantitative estimate of drug-likeness (QED) is 0.440. The number of alkyl halides is 3. The number of benzene rings is 2. The zero-order valence-electron chi connectivity index (χ0n) is 15.0. The lowest BCUT2D eigenvalue weighted by Gasteiger charge is -2.11. The third kappa shape index (κ3) is 5.41. The Morgan fingerprint density at radius 2 is 1.97 bits per heavy atom. The number of aliphatic hydroxyl groups excluding tert-OH is 1. The summed E-state index contributed by atoms with van der Waals surface area (Å²) in [6, 6.07) is 10.8. The van der Waals surface area contributed by atoms with Gasteiger partial charge >= 0.3 is 6.18 Å². The molecule has 2 N–H and O–H groups in total. The minimum Gasteiger partial charge on any atom is -0.438 e. The van der Waals surface area contributed by atoms with Gasteiger partial charge in [0.05, 0.1) is 5.56 Å². The molecule has 9 heteroatoms. The Labute approximate surface area is 164 Å². The molecule has 0 spiro atoms. The molecule has 0 saturated carbocycles. The molecule has 1 radical (unpaired) electrons. The maximum absolute atomic E-state index is 14.0. The molecule has 151 valence electrons. The SMILES string of the molecule is OCCCNc1nccc(Oc2[c]cc(-c3cc(C(F)(F)F)ccc3F)cc2)n1. The van der Waals surface area contributed by atoms with Crippen molar-refractivity contribution in [3.05, 3.63) is 66.1 Å². The van der Waals surface area contributed by atoms with E-state index in [4.69, 9.17) is 9.84 Å². The average Bonchev–Trinajstić information content (AvgIpc) is 2.69. The topological polar surface area (TPSA) is 67.3 Å². The Balaban J connectivity index is 1.75. The minimum atomic E-state index is -4.56. The summed E-state index contributed by atoms with van der Waals surface area (Å²) in [7, 11) is 0. The first kappa shape index (κ1) is 20.5. The minimum absolute atomic E-state index is 0.0387. The fourth-order valence-electron chi connectivity index (χ4n) is 2.44. The van der Waals surface area contributed by atoms with Crippen molar-refractivity contribution in [3.63, 3.8) is 0 Å². The fraction of sp³-hybridized carbons (Fsp3) is 0.200. The highest BCUT2D eigenvalue weighted by atomic mass is 19.4.